The number of amides is 1. The summed E-state index contributed by atoms with van der Waals surface area (Å²) in [6.07, 6.45) is 1.96. The van der Waals surface area contributed by atoms with Gasteiger partial charge in [0.2, 0.25) is 5.91 Å². The molecule has 0 spiro atoms. The highest BCUT2D eigenvalue weighted by Crippen LogP contribution is 2.27. The summed E-state index contributed by atoms with van der Waals surface area (Å²) in [5, 5.41) is 7.24. The topological polar surface area (TPSA) is 58.4 Å². The van der Waals surface area contributed by atoms with E-state index in [0.717, 1.165) is 31.1 Å². The first-order chi connectivity index (χ1) is 10.4. The molecule has 1 aromatic rings. The molecule has 1 amide bonds. The second-order valence-electron chi connectivity index (χ2n) is 6.51. The lowest BCUT2D eigenvalue weighted by Gasteiger charge is -2.22. The van der Waals surface area contributed by atoms with Crippen molar-refractivity contribution in [2.45, 2.75) is 40.3 Å². The Labute approximate surface area is 137 Å². The molecule has 1 aliphatic rings. The number of carbonyl (C=O) groups excluding carboxylic acids is 1. The van der Waals surface area contributed by atoms with E-state index in [-0.39, 0.29) is 11.9 Å². The zero-order chi connectivity index (χ0) is 16.3. The minimum atomic E-state index is 0.141. The molecule has 5 nitrogen and oxygen atoms in total. The monoisotopic (exact) mass is 325 g/mol. The lowest BCUT2D eigenvalue weighted by Crippen LogP contribution is -2.42. The number of nitrogens with one attached hydrogen (secondary N) is 1. The Morgan fingerprint density at radius 1 is 1.45 bits per heavy atom. The molecular weight excluding hydrogens is 298 g/mol. The fourth-order valence-corrected chi connectivity index (χ4v) is 3.55. The van der Waals surface area contributed by atoms with Crippen molar-refractivity contribution in [2.75, 3.05) is 25.1 Å². The van der Waals surface area contributed by atoms with Crippen LogP contribution in [-0.2, 0) is 11.3 Å². The molecule has 0 bridgehead atoms. The summed E-state index contributed by atoms with van der Waals surface area (Å²) in [5.74, 6) is 2.61. The fraction of sp³-hybridized carbons (Fsp3) is 0.750. The number of aryl methyl sites for hydroxylation is 2. The van der Waals surface area contributed by atoms with E-state index in [0.29, 0.717) is 17.6 Å². The number of hydrogen-bond donors (Lipinski definition) is 1. The van der Waals surface area contributed by atoms with E-state index in [1.807, 2.05) is 20.1 Å². The van der Waals surface area contributed by atoms with Crippen molar-refractivity contribution in [2.24, 2.45) is 11.8 Å². The Balaban J connectivity index is 2.02. The highest BCUT2D eigenvalue weighted by Gasteiger charge is 2.35. The van der Waals surface area contributed by atoms with Gasteiger partial charge in [-0.3, -0.25) is 9.69 Å². The maximum atomic E-state index is 11.9. The van der Waals surface area contributed by atoms with Crippen molar-refractivity contribution in [1.82, 2.24) is 15.4 Å². The third kappa shape index (κ3) is 4.04. The number of thioether (sulfide) groups is 1. The van der Waals surface area contributed by atoms with E-state index in [9.17, 15) is 4.79 Å². The van der Waals surface area contributed by atoms with Crippen LogP contribution in [0.4, 0.5) is 0 Å². The minimum Gasteiger partial charge on any atom is -0.361 e. The van der Waals surface area contributed by atoms with E-state index in [1.165, 1.54) is 5.56 Å². The quantitative estimate of drug-likeness (QED) is 0.869. The predicted octanol–water partition coefficient (Wildman–Crippen LogP) is 2.23. The molecule has 1 saturated heterocycles. The van der Waals surface area contributed by atoms with Crippen molar-refractivity contribution >= 4 is 17.7 Å². The van der Waals surface area contributed by atoms with Crippen molar-refractivity contribution < 1.29 is 9.32 Å². The van der Waals surface area contributed by atoms with Gasteiger partial charge < -0.3 is 9.84 Å². The number of hydrogen-bond acceptors (Lipinski definition) is 5. The molecule has 1 fully saturated rings. The molecule has 22 heavy (non-hydrogen) atoms. The number of likely N-dealkylation sites (tertiary alicyclic amines) is 1. The molecular formula is C16H27N3O2S. The molecule has 0 unspecified atom stereocenters. The summed E-state index contributed by atoms with van der Waals surface area (Å²) < 4.78 is 5.25. The van der Waals surface area contributed by atoms with Crippen LogP contribution >= 0.6 is 11.8 Å². The SMILES string of the molecule is CSCC(=O)N[C@H]1CN(Cc2c(C)noc2C)C[C@@H]1C(C)C. The van der Waals surface area contributed by atoms with Gasteiger partial charge in [-0.05, 0) is 31.9 Å². The van der Waals surface area contributed by atoms with Crippen LogP contribution in [0.2, 0.25) is 0 Å². The number of carbonyl (C=O) groups is 1. The second-order valence-corrected chi connectivity index (χ2v) is 7.38. The maximum absolute atomic E-state index is 11.9. The highest BCUT2D eigenvalue weighted by atomic mass is 32.2. The fourth-order valence-electron chi connectivity index (χ4n) is 3.20. The average Bonchev–Trinajstić information content (AvgIpc) is 2.97. The van der Waals surface area contributed by atoms with Crippen LogP contribution in [0.15, 0.2) is 4.52 Å². The van der Waals surface area contributed by atoms with Gasteiger partial charge in [0.15, 0.2) is 0 Å². The number of aromatic nitrogens is 1. The zero-order valence-electron chi connectivity index (χ0n) is 14.2. The van der Waals surface area contributed by atoms with Gasteiger partial charge in [-0.2, -0.15) is 11.8 Å². The van der Waals surface area contributed by atoms with E-state index in [1.54, 1.807) is 11.8 Å². The van der Waals surface area contributed by atoms with E-state index >= 15 is 0 Å². The summed E-state index contributed by atoms with van der Waals surface area (Å²) in [5.41, 5.74) is 2.15. The van der Waals surface area contributed by atoms with E-state index in [4.69, 9.17) is 4.52 Å². The van der Waals surface area contributed by atoms with Crippen molar-refractivity contribution in [3.8, 4) is 0 Å². The molecule has 0 aromatic carbocycles. The molecule has 6 heteroatoms. The minimum absolute atomic E-state index is 0.141. The van der Waals surface area contributed by atoms with Crippen LogP contribution in [0.25, 0.3) is 0 Å². The van der Waals surface area contributed by atoms with Crippen molar-refractivity contribution in [3.05, 3.63) is 17.0 Å². The van der Waals surface area contributed by atoms with Gasteiger partial charge in [0.1, 0.15) is 5.76 Å². The third-order valence-corrected chi connectivity index (χ3v) is 5.03. The molecule has 0 saturated carbocycles. The van der Waals surface area contributed by atoms with Gasteiger partial charge in [-0.15, -0.1) is 0 Å². The van der Waals surface area contributed by atoms with Gasteiger partial charge >= 0.3 is 0 Å². The summed E-state index contributed by atoms with van der Waals surface area (Å²) >= 11 is 1.56. The maximum Gasteiger partial charge on any atom is 0.230 e. The molecule has 2 heterocycles. The van der Waals surface area contributed by atoms with Crippen molar-refractivity contribution in [3.63, 3.8) is 0 Å². The Kier molecular flexibility index (Phi) is 5.92. The van der Waals surface area contributed by atoms with Crippen LogP contribution in [0.5, 0.6) is 0 Å². The van der Waals surface area contributed by atoms with Crippen LogP contribution in [0.1, 0.15) is 30.9 Å². The average molecular weight is 325 g/mol. The van der Waals surface area contributed by atoms with Gasteiger partial charge in [0, 0.05) is 31.2 Å². The second kappa shape index (κ2) is 7.51. The molecule has 2 rings (SSSR count). The normalized spacial score (nSPS) is 22.5. The molecule has 0 aliphatic carbocycles. The molecule has 1 N–H and O–H groups in total. The van der Waals surface area contributed by atoms with E-state index < -0.39 is 0 Å². The highest BCUT2D eigenvalue weighted by molar-refractivity contribution is 7.99. The third-order valence-electron chi connectivity index (χ3n) is 4.48. The first-order valence-electron chi connectivity index (χ1n) is 7.84. The van der Waals surface area contributed by atoms with Crippen LogP contribution in [0, 0.1) is 25.7 Å². The van der Waals surface area contributed by atoms with Gasteiger partial charge in [0.05, 0.1) is 11.4 Å². The molecule has 0 radical (unpaired) electrons. The Hall–Kier alpha value is -1.01. The van der Waals surface area contributed by atoms with Gasteiger partial charge in [-0.25, -0.2) is 0 Å². The van der Waals surface area contributed by atoms with E-state index in [2.05, 4.69) is 29.2 Å². The molecule has 1 aromatic heterocycles. The van der Waals surface area contributed by atoms with Gasteiger partial charge in [0.25, 0.3) is 0 Å². The Morgan fingerprint density at radius 2 is 2.18 bits per heavy atom. The summed E-state index contributed by atoms with van der Waals surface area (Å²) in [7, 11) is 0. The van der Waals surface area contributed by atoms with Gasteiger partial charge in [-0.1, -0.05) is 19.0 Å². The smallest absolute Gasteiger partial charge is 0.230 e. The summed E-state index contributed by atoms with van der Waals surface area (Å²) in [4.78, 5) is 14.3. The standard InChI is InChI=1S/C16H27N3O2S/c1-10(2)13-6-19(7-14-11(3)18-21-12(14)4)8-15(13)17-16(20)9-22-5/h10,13,15H,6-9H2,1-5H3,(H,17,20)/t13-,15+/m1/s1. The molecule has 1 aliphatic heterocycles. The molecule has 2 atom stereocenters. The van der Waals surface area contributed by atoms with Crippen LogP contribution < -0.4 is 5.32 Å². The van der Waals surface area contributed by atoms with Crippen molar-refractivity contribution in [1.29, 1.82) is 0 Å². The zero-order valence-corrected chi connectivity index (χ0v) is 15.0. The first kappa shape index (κ1) is 17.3. The number of rotatable bonds is 6. The van der Waals surface area contributed by atoms with Crippen LogP contribution in [-0.4, -0.2) is 47.1 Å². The Morgan fingerprint density at radius 3 is 2.73 bits per heavy atom. The lowest BCUT2D eigenvalue weighted by atomic mass is 9.91. The predicted molar refractivity (Wildman–Crippen MR) is 89.9 cm³/mol. The lowest BCUT2D eigenvalue weighted by molar-refractivity contribution is -0.119. The summed E-state index contributed by atoms with van der Waals surface area (Å²) in [6, 6.07) is 0.236. The Bertz CT molecular complexity index is 496. The largest absolute Gasteiger partial charge is 0.361 e. The first-order valence-corrected chi connectivity index (χ1v) is 9.24. The summed E-state index contributed by atoms with van der Waals surface area (Å²) in [6.45, 7) is 11.2. The van der Waals surface area contributed by atoms with Crippen LogP contribution in [0.3, 0.4) is 0 Å². The molecule has 124 valence electrons. The number of nitrogens with zero attached hydrogens (tertiary/aromatic N) is 2.